The molecule has 1 aliphatic carbocycles. The van der Waals surface area contributed by atoms with E-state index in [1.165, 1.54) is 29.7 Å². The Morgan fingerprint density at radius 3 is 2.73 bits per heavy atom. The molecule has 7 heteroatoms. The molecule has 3 heterocycles. The molecule has 0 atom stereocenters. The quantitative estimate of drug-likeness (QED) is 0.626. The van der Waals surface area contributed by atoms with Gasteiger partial charge in [0.15, 0.2) is 0 Å². The highest BCUT2D eigenvalue weighted by Gasteiger charge is 2.32. The van der Waals surface area contributed by atoms with Crippen LogP contribution in [-0.2, 0) is 11.2 Å². The van der Waals surface area contributed by atoms with Crippen molar-refractivity contribution in [3.05, 3.63) is 52.1 Å². The Balaban J connectivity index is 1.63. The molecule has 7 nitrogen and oxygen atoms in total. The van der Waals surface area contributed by atoms with Gasteiger partial charge >= 0.3 is 0 Å². The van der Waals surface area contributed by atoms with Gasteiger partial charge in [-0.2, -0.15) is 10.2 Å². The number of carbonyl (C=O) groups excluding carboxylic acids is 1. The molecule has 158 valence electrons. The Morgan fingerprint density at radius 2 is 2.07 bits per heavy atom. The van der Waals surface area contributed by atoms with Crippen molar-refractivity contribution in [3.8, 4) is 0 Å². The van der Waals surface area contributed by atoms with Gasteiger partial charge in [0.25, 0.3) is 5.91 Å². The maximum atomic E-state index is 12.5. The van der Waals surface area contributed by atoms with Crippen LogP contribution < -0.4 is 5.43 Å². The Morgan fingerprint density at radius 1 is 1.27 bits per heavy atom. The summed E-state index contributed by atoms with van der Waals surface area (Å²) in [4.78, 5) is 18.5. The van der Waals surface area contributed by atoms with Gasteiger partial charge in [-0.15, -0.1) is 5.10 Å². The summed E-state index contributed by atoms with van der Waals surface area (Å²) >= 11 is 0. The predicted octanol–water partition coefficient (Wildman–Crippen LogP) is 3.18. The normalized spacial score (nSPS) is 17.7. The minimum Gasteiger partial charge on any atom is -0.359 e. The predicted molar refractivity (Wildman–Crippen MR) is 118 cm³/mol. The number of aromatic amines is 1. The molecule has 0 radical (unpaired) electrons. The van der Waals surface area contributed by atoms with E-state index in [0.29, 0.717) is 22.9 Å². The second-order valence-corrected chi connectivity index (χ2v) is 8.03. The van der Waals surface area contributed by atoms with Crippen LogP contribution in [0.3, 0.4) is 0 Å². The number of rotatable bonds is 9. The lowest BCUT2D eigenvalue weighted by atomic mass is 9.98. The fraction of sp³-hybridized carbons (Fsp3) is 0.478. The van der Waals surface area contributed by atoms with Crippen LogP contribution in [0.1, 0.15) is 67.2 Å². The number of H-pyrrole nitrogens is 1. The Hall–Kier alpha value is -2.80. The smallest absolute Gasteiger partial charge is 0.273 e. The van der Waals surface area contributed by atoms with Crippen LogP contribution >= 0.6 is 0 Å². The Labute approximate surface area is 177 Å². The topological polar surface area (TPSA) is 86.3 Å². The molecule has 4 rings (SSSR count). The number of hydrogen-bond acceptors (Lipinski definition) is 5. The van der Waals surface area contributed by atoms with Crippen LogP contribution in [0.25, 0.3) is 6.08 Å². The van der Waals surface area contributed by atoms with Gasteiger partial charge < -0.3 is 9.88 Å². The van der Waals surface area contributed by atoms with Crippen LogP contribution in [0.4, 0.5) is 0 Å². The minimum atomic E-state index is -0.201. The summed E-state index contributed by atoms with van der Waals surface area (Å²) < 4.78 is 0. The van der Waals surface area contributed by atoms with Crippen molar-refractivity contribution in [2.45, 2.75) is 52.4 Å². The SMILES string of the molecule is CCN(CC)CCCc1c(C)[nH]c(C=C2C(=O)NN=C2c2cccnn2)c1C1CC1. The average molecular weight is 407 g/mol. The molecule has 1 amide bonds. The van der Waals surface area contributed by atoms with Crippen molar-refractivity contribution in [3.63, 3.8) is 0 Å². The highest BCUT2D eigenvalue weighted by Crippen LogP contribution is 2.45. The molecule has 1 saturated carbocycles. The van der Waals surface area contributed by atoms with Crippen molar-refractivity contribution in [1.29, 1.82) is 0 Å². The second-order valence-electron chi connectivity index (χ2n) is 8.03. The standard InChI is InChI=1S/C23H30N6O/c1-4-29(5-2)13-7-8-17-15(3)25-20(21(17)16-10-11-16)14-18-22(27-28-23(18)30)19-9-6-12-24-26-19/h6,9,12,14,16,25H,4-5,7-8,10-11,13H2,1-3H3,(H,28,30). The van der Waals surface area contributed by atoms with Gasteiger partial charge in [-0.25, -0.2) is 5.43 Å². The summed E-state index contributed by atoms with van der Waals surface area (Å²) in [6.07, 6.45) is 8.20. The zero-order chi connectivity index (χ0) is 21.1. The lowest BCUT2D eigenvalue weighted by Gasteiger charge is -2.17. The summed E-state index contributed by atoms with van der Waals surface area (Å²) in [5.74, 6) is 0.388. The highest BCUT2D eigenvalue weighted by atomic mass is 16.2. The highest BCUT2D eigenvalue weighted by molar-refractivity contribution is 6.32. The number of hydrazone groups is 1. The maximum absolute atomic E-state index is 12.5. The van der Waals surface area contributed by atoms with E-state index in [4.69, 9.17) is 0 Å². The second kappa shape index (κ2) is 8.92. The molecule has 1 fully saturated rings. The fourth-order valence-electron chi connectivity index (χ4n) is 4.24. The molecule has 2 aliphatic rings. The summed E-state index contributed by atoms with van der Waals surface area (Å²) in [5, 5.41) is 12.2. The van der Waals surface area contributed by atoms with Crippen LogP contribution in [-0.4, -0.2) is 51.3 Å². The average Bonchev–Trinajstić information content (AvgIpc) is 3.47. The van der Waals surface area contributed by atoms with Crippen LogP contribution in [0.15, 0.2) is 29.0 Å². The molecule has 30 heavy (non-hydrogen) atoms. The number of carbonyl (C=O) groups is 1. The first-order chi connectivity index (χ1) is 14.6. The summed E-state index contributed by atoms with van der Waals surface area (Å²) in [6.45, 7) is 9.88. The van der Waals surface area contributed by atoms with E-state index >= 15 is 0 Å². The minimum absolute atomic E-state index is 0.201. The molecule has 2 aromatic rings. The molecule has 2 N–H and O–H groups in total. The number of aryl methyl sites for hydroxylation is 1. The van der Waals surface area contributed by atoms with Gasteiger partial charge in [0.2, 0.25) is 0 Å². The molecule has 1 aliphatic heterocycles. The molecule has 0 saturated heterocycles. The third-order valence-corrected chi connectivity index (χ3v) is 6.04. The van der Waals surface area contributed by atoms with Gasteiger partial charge in [0, 0.05) is 17.6 Å². The third-order valence-electron chi connectivity index (χ3n) is 6.04. The molecule has 0 unspecified atom stereocenters. The number of hydrogen-bond donors (Lipinski definition) is 2. The fourth-order valence-corrected chi connectivity index (χ4v) is 4.24. The van der Waals surface area contributed by atoms with Gasteiger partial charge in [-0.3, -0.25) is 4.79 Å². The summed E-state index contributed by atoms with van der Waals surface area (Å²) in [7, 11) is 0. The van der Waals surface area contributed by atoms with Crippen LogP contribution in [0, 0.1) is 6.92 Å². The van der Waals surface area contributed by atoms with E-state index in [2.05, 4.69) is 51.4 Å². The van der Waals surface area contributed by atoms with Gasteiger partial charge in [-0.05, 0) is 87.5 Å². The molecule has 0 aromatic carbocycles. The third kappa shape index (κ3) is 4.21. The maximum Gasteiger partial charge on any atom is 0.273 e. The zero-order valence-corrected chi connectivity index (χ0v) is 18.0. The lowest BCUT2D eigenvalue weighted by Crippen LogP contribution is -2.24. The molecule has 2 aromatic heterocycles. The van der Waals surface area contributed by atoms with Gasteiger partial charge in [0.05, 0.1) is 5.57 Å². The van der Waals surface area contributed by atoms with Crippen LogP contribution in [0.5, 0.6) is 0 Å². The first-order valence-electron chi connectivity index (χ1n) is 10.9. The van der Waals surface area contributed by atoms with Crippen molar-refractivity contribution < 1.29 is 4.79 Å². The first kappa shape index (κ1) is 20.5. The number of nitrogens with one attached hydrogen (secondary N) is 2. The Kier molecular flexibility index (Phi) is 6.08. The van der Waals surface area contributed by atoms with Crippen LogP contribution in [0.2, 0.25) is 0 Å². The molecular weight excluding hydrogens is 376 g/mol. The zero-order valence-electron chi connectivity index (χ0n) is 18.0. The van der Waals surface area contributed by atoms with Gasteiger partial charge in [0.1, 0.15) is 11.4 Å². The van der Waals surface area contributed by atoms with E-state index in [-0.39, 0.29) is 5.91 Å². The Bertz CT molecular complexity index is 967. The monoisotopic (exact) mass is 406 g/mol. The summed E-state index contributed by atoms with van der Waals surface area (Å²) in [6, 6.07) is 3.62. The van der Waals surface area contributed by atoms with E-state index in [1.54, 1.807) is 12.3 Å². The van der Waals surface area contributed by atoms with E-state index < -0.39 is 0 Å². The first-order valence-corrected chi connectivity index (χ1v) is 10.9. The lowest BCUT2D eigenvalue weighted by molar-refractivity contribution is -0.116. The molecule has 0 bridgehead atoms. The summed E-state index contributed by atoms with van der Waals surface area (Å²) in [5.41, 5.74) is 9.31. The van der Waals surface area contributed by atoms with E-state index in [9.17, 15) is 4.79 Å². The number of nitrogens with zero attached hydrogens (tertiary/aromatic N) is 4. The van der Waals surface area contributed by atoms with Crippen molar-refractivity contribution in [1.82, 2.24) is 25.5 Å². The number of aromatic nitrogens is 3. The van der Waals surface area contributed by atoms with E-state index in [1.807, 2.05) is 12.1 Å². The largest absolute Gasteiger partial charge is 0.359 e. The number of amides is 1. The van der Waals surface area contributed by atoms with E-state index in [0.717, 1.165) is 38.2 Å². The molecule has 0 spiro atoms. The van der Waals surface area contributed by atoms with Crippen molar-refractivity contribution in [2.75, 3.05) is 19.6 Å². The van der Waals surface area contributed by atoms with Gasteiger partial charge in [-0.1, -0.05) is 13.8 Å². The molecular formula is C23H30N6O. The van der Waals surface area contributed by atoms with Crippen molar-refractivity contribution in [2.24, 2.45) is 5.10 Å². The van der Waals surface area contributed by atoms with Crippen molar-refractivity contribution >= 4 is 17.7 Å².